The Morgan fingerprint density at radius 3 is 2.70 bits per heavy atom. The van der Waals surface area contributed by atoms with Crippen LogP contribution in [0.4, 0.5) is 0 Å². The van der Waals surface area contributed by atoms with Gasteiger partial charge in [0, 0.05) is 11.6 Å². The molecule has 0 fully saturated rings. The molecule has 0 N–H and O–H groups in total. The largest absolute Gasteiger partial charge is 0.437 e. The Hall–Kier alpha value is -2.57. The fourth-order valence-corrected chi connectivity index (χ4v) is 2.16. The maximum absolute atomic E-state index is 8.96. The standard InChI is InChI=1S/C16H9ClN2O/c17-15-12(10-18)8-9-19-16(15)20-14-7-3-5-11-4-1-2-6-13(11)14/h1-9H. The number of halogens is 1. The SMILES string of the molecule is N#Cc1ccnc(Oc2cccc3ccccc23)c1Cl. The molecule has 3 nitrogen and oxygen atoms in total. The number of ether oxygens (including phenoxy) is 1. The first-order valence-corrected chi connectivity index (χ1v) is 6.37. The van der Waals surface area contributed by atoms with Gasteiger partial charge in [-0.3, -0.25) is 0 Å². The second-order valence-corrected chi connectivity index (χ2v) is 4.55. The lowest BCUT2D eigenvalue weighted by Gasteiger charge is -2.09. The van der Waals surface area contributed by atoms with Crippen LogP contribution in [0.5, 0.6) is 11.6 Å². The highest BCUT2D eigenvalue weighted by Crippen LogP contribution is 2.33. The van der Waals surface area contributed by atoms with Crippen molar-refractivity contribution in [1.82, 2.24) is 4.98 Å². The maximum atomic E-state index is 8.96. The van der Waals surface area contributed by atoms with Crippen LogP contribution >= 0.6 is 11.6 Å². The van der Waals surface area contributed by atoms with E-state index in [1.54, 1.807) is 6.07 Å². The zero-order valence-electron chi connectivity index (χ0n) is 10.4. The highest BCUT2D eigenvalue weighted by atomic mass is 35.5. The smallest absolute Gasteiger partial charge is 0.239 e. The fourth-order valence-electron chi connectivity index (χ4n) is 1.97. The molecule has 0 amide bonds. The van der Waals surface area contributed by atoms with Crippen LogP contribution in [0.3, 0.4) is 0 Å². The van der Waals surface area contributed by atoms with Gasteiger partial charge in [-0.2, -0.15) is 5.26 Å². The molecular formula is C16H9ClN2O. The lowest BCUT2D eigenvalue weighted by molar-refractivity contribution is 0.468. The van der Waals surface area contributed by atoms with Crippen molar-refractivity contribution in [3.05, 3.63) is 65.3 Å². The molecule has 1 heterocycles. The molecule has 4 heteroatoms. The molecule has 3 aromatic rings. The van der Waals surface area contributed by atoms with E-state index in [0.717, 1.165) is 10.8 Å². The topological polar surface area (TPSA) is 45.9 Å². The maximum Gasteiger partial charge on any atom is 0.239 e. The van der Waals surface area contributed by atoms with Gasteiger partial charge in [-0.15, -0.1) is 0 Å². The quantitative estimate of drug-likeness (QED) is 0.691. The minimum Gasteiger partial charge on any atom is -0.437 e. The zero-order chi connectivity index (χ0) is 13.9. The number of hydrogen-bond acceptors (Lipinski definition) is 3. The molecule has 0 atom stereocenters. The molecule has 1 aromatic heterocycles. The average molecular weight is 281 g/mol. The summed E-state index contributed by atoms with van der Waals surface area (Å²) in [7, 11) is 0. The van der Waals surface area contributed by atoms with Crippen molar-refractivity contribution in [2.45, 2.75) is 0 Å². The number of nitrogens with zero attached hydrogens (tertiary/aromatic N) is 2. The summed E-state index contributed by atoms with van der Waals surface area (Å²) in [6.07, 6.45) is 1.50. The van der Waals surface area contributed by atoms with Crippen LogP contribution in [0.15, 0.2) is 54.7 Å². The van der Waals surface area contributed by atoms with Gasteiger partial charge in [0.25, 0.3) is 0 Å². The number of fused-ring (bicyclic) bond motifs is 1. The Balaban J connectivity index is 2.09. The van der Waals surface area contributed by atoms with E-state index >= 15 is 0 Å². The highest BCUT2D eigenvalue weighted by molar-refractivity contribution is 6.33. The number of benzene rings is 2. The van der Waals surface area contributed by atoms with E-state index in [1.165, 1.54) is 6.20 Å². The van der Waals surface area contributed by atoms with Crippen LogP contribution < -0.4 is 4.74 Å². The van der Waals surface area contributed by atoms with E-state index in [9.17, 15) is 0 Å². The number of rotatable bonds is 2. The molecule has 0 aliphatic carbocycles. The van der Waals surface area contributed by atoms with Gasteiger partial charge in [0.05, 0.1) is 5.56 Å². The zero-order valence-corrected chi connectivity index (χ0v) is 11.1. The summed E-state index contributed by atoms with van der Waals surface area (Å²) < 4.78 is 5.77. The molecule has 96 valence electrons. The van der Waals surface area contributed by atoms with Gasteiger partial charge in [-0.1, -0.05) is 48.0 Å². The van der Waals surface area contributed by atoms with Gasteiger partial charge < -0.3 is 4.74 Å². The van der Waals surface area contributed by atoms with Gasteiger partial charge >= 0.3 is 0 Å². The summed E-state index contributed by atoms with van der Waals surface area (Å²) in [6, 6.07) is 17.2. The lowest BCUT2D eigenvalue weighted by Crippen LogP contribution is -1.91. The molecule has 3 rings (SSSR count). The predicted molar refractivity (Wildman–Crippen MR) is 78.0 cm³/mol. The molecule has 0 radical (unpaired) electrons. The Bertz CT molecular complexity index is 819. The van der Waals surface area contributed by atoms with Crippen molar-refractivity contribution in [3.8, 4) is 17.7 Å². The van der Waals surface area contributed by atoms with Crippen LogP contribution in [-0.2, 0) is 0 Å². The Labute approximate surface area is 121 Å². The molecule has 20 heavy (non-hydrogen) atoms. The van der Waals surface area contributed by atoms with Crippen LogP contribution in [-0.4, -0.2) is 4.98 Å². The summed E-state index contributed by atoms with van der Waals surface area (Å²) in [5, 5.41) is 11.2. The summed E-state index contributed by atoms with van der Waals surface area (Å²) in [6.45, 7) is 0. The van der Waals surface area contributed by atoms with Crippen molar-refractivity contribution in [2.24, 2.45) is 0 Å². The molecule has 0 spiro atoms. The molecule has 0 bridgehead atoms. The van der Waals surface area contributed by atoms with Crippen molar-refractivity contribution in [1.29, 1.82) is 5.26 Å². The van der Waals surface area contributed by atoms with Gasteiger partial charge in [0.2, 0.25) is 5.88 Å². The van der Waals surface area contributed by atoms with E-state index in [-0.39, 0.29) is 10.9 Å². The highest BCUT2D eigenvalue weighted by Gasteiger charge is 2.11. The molecule has 2 aromatic carbocycles. The third kappa shape index (κ3) is 2.18. The summed E-state index contributed by atoms with van der Waals surface area (Å²) >= 11 is 6.10. The summed E-state index contributed by atoms with van der Waals surface area (Å²) in [5.41, 5.74) is 0.344. The van der Waals surface area contributed by atoms with Crippen LogP contribution in [0, 0.1) is 11.3 Å². The Morgan fingerprint density at radius 2 is 1.85 bits per heavy atom. The third-order valence-corrected chi connectivity index (χ3v) is 3.30. The first-order valence-electron chi connectivity index (χ1n) is 6.00. The second kappa shape index (κ2) is 5.20. The first-order chi connectivity index (χ1) is 9.79. The fraction of sp³-hybridized carbons (Fsp3) is 0. The van der Waals surface area contributed by atoms with Crippen molar-refractivity contribution in [2.75, 3.05) is 0 Å². The van der Waals surface area contributed by atoms with Crippen LogP contribution in [0.2, 0.25) is 5.02 Å². The van der Waals surface area contributed by atoms with E-state index in [1.807, 2.05) is 48.5 Å². The normalized spacial score (nSPS) is 10.2. The van der Waals surface area contributed by atoms with Crippen molar-refractivity contribution in [3.63, 3.8) is 0 Å². The minimum atomic E-state index is 0.225. The number of hydrogen-bond donors (Lipinski definition) is 0. The summed E-state index contributed by atoms with van der Waals surface area (Å²) in [5.74, 6) is 0.898. The molecular weight excluding hydrogens is 272 g/mol. The van der Waals surface area contributed by atoms with Crippen molar-refractivity contribution < 1.29 is 4.74 Å². The van der Waals surface area contributed by atoms with Crippen molar-refractivity contribution >= 4 is 22.4 Å². The van der Waals surface area contributed by atoms with Gasteiger partial charge in [0.15, 0.2) is 0 Å². The number of nitriles is 1. The Morgan fingerprint density at radius 1 is 1.05 bits per heavy atom. The molecule has 0 saturated heterocycles. The van der Waals surface area contributed by atoms with Crippen LogP contribution in [0.25, 0.3) is 10.8 Å². The van der Waals surface area contributed by atoms with E-state index < -0.39 is 0 Å². The second-order valence-electron chi connectivity index (χ2n) is 4.17. The average Bonchev–Trinajstić information content (AvgIpc) is 2.50. The number of aromatic nitrogens is 1. The lowest BCUT2D eigenvalue weighted by atomic mass is 10.1. The monoisotopic (exact) mass is 280 g/mol. The Kier molecular flexibility index (Phi) is 3.24. The van der Waals surface area contributed by atoms with Crippen LogP contribution in [0.1, 0.15) is 5.56 Å². The first kappa shape index (κ1) is 12.5. The van der Waals surface area contributed by atoms with Gasteiger partial charge in [0.1, 0.15) is 16.8 Å². The minimum absolute atomic E-state index is 0.225. The van der Waals surface area contributed by atoms with Gasteiger partial charge in [-0.05, 0) is 17.5 Å². The summed E-state index contributed by atoms with van der Waals surface area (Å²) in [4.78, 5) is 4.08. The third-order valence-electron chi connectivity index (χ3n) is 2.93. The molecule has 0 aliphatic rings. The molecule has 0 aliphatic heterocycles. The molecule has 0 unspecified atom stereocenters. The van der Waals surface area contributed by atoms with E-state index in [2.05, 4.69) is 4.98 Å². The predicted octanol–water partition coefficient (Wildman–Crippen LogP) is 4.55. The number of pyridine rings is 1. The van der Waals surface area contributed by atoms with Gasteiger partial charge in [-0.25, -0.2) is 4.98 Å². The molecule has 0 saturated carbocycles. The van der Waals surface area contributed by atoms with E-state index in [4.69, 9.17) is 21.6 Å². The van der Waals surface area contributed by atoms with E-state index in [0.29, 0.717) is 11.3 Å².